The van der Waals surface area contributed by atoms with E-state index in [1.807, 2.05) is 0 Å². The first kappa shape index (κ1) is 11.5. The Morgan fingerprint density at radius 3 is 2.67 bits per heavy atom. The molecule has 0 aliphatic heterocycles. The van der Waals surface area contributed by atoms with Crippen LogP contribution in [-0.2, 0) is 13.0 Å². The minimum absolute atomic E-state index is 0.0725. The van der Waals surface area contributed by atoms with Gasteiger partial charge in [-0.15, -0.1) is 0 Å². The normalized spacial score (nSPS) is 10.4. The van der Waals surface area contributed by atoms with E-state index in [0.29, 0.717) is 0 Å². The van der Waals surface area contributed by atoms with E-state index in [0.717, 1.165) is 6.20 Å². The molecule has 1 aromatic heterocycles. The van der Waals surface area contributed by atoms with E-state index < -0.39 is 24.2 Å². The molecule has 0 bridgehead atoms. The van der Waals surface area contributed by atoms with E-state index >= 15 is 0 Å². The Kier molecular flexibility index (Phi) is 3.63. The number of pyridine rings is 1. The van der Waals surface area contributed by atoms with E-state index in [2.05, 4.69) is 4.98 Å². The van der Waals surface area contributed by atoms with Crippen LogP contribution in [0.5, 0.6) is 0 Å². The van der Waals surface area contributed by atoms with Crippen molar-refractivity contribution in [2.45, 2.75) is 19.4 Å². The summed E-state index contributed by atoms with van der Waals surface area (Å²) in [5, 5.41) is 8.40. The Morgan fingerprint density at radius 1 is 1.53 bits per heavy atom. The highest BCUT2D eigenvalue weighted by molar-refractivity contribution is 5.34. The SMILES string of the molecule is N#CCc1c(F)cnc(CN)c1C(F)F. The van der Waals surface area contributed by atoms with Gasteiger partial charge < -0.3 is 5.73 Å². The van der Waals surface area contributed by atoms with Crippen LogP contribution in [0.4, 0.5) is 13.2 Å². The maximum absolute atomic E-state index is 13.1. The van der Waals surface area contributed by atoms with Crippen LogP contribution in [0.3, 0.4) is 0 Å². The molecule has 3 nitrogen and oxygen atoms in total. The van der Waals surface area contributed by atoms with Gasteiger partial charge in [-0.05, 0) is 0 Å². The molecule has 1 heterocycles. The van der Waals surface area contributed by atoms with Crippen LogP contribution in [0.2, 0.25) is 0 Å². The number of nitriles is 1. The Bertz CT molecular complexity index is 398. The van der Waals surface area contributed by atoms with E-state index in [1.165, 1.54) is 0 Å². The number of aromatic nitrogens is 1. The predicted octanol–water partition coefficient (Wildman–Crippen LogP) is 1.68. The highest BCUT2D eigenvalue weighted by Crippen LogP contribution is 2.27. The average Bonchev–Trinajstić information content (AvgIpc) is 2.20. The van der Waals surface area contributed by atoms with Gasteiger partial charge in [0.1, 0.15) is 5.82 Å². The first-order valence-corrected chi connectivity index (χ1v) is 4.13. The first-order chi connectivity index (χ1) is 7.11. The molecule has 0 radical (unpaired) electrons. The third-order valence-corrected chi connectivity index (χ3v) is 1.93. The van der Waals surface area contributed by atoms with Crippen LogP contribution in [0.1, 0.15) is 23.2 Å². The molecule has 0 aliphatic rings. The van der Waals surface area contributed by atoms with E-state index in [1.54, 1.807) is 6.07 Å². The summed E-state index contributed by atoms with van der Waals surface area (Å²) >= 11 is 0. The zero-order chi connectivity index (χ0) is 11.4. The number of nitrogens with zero attached hydrogens (tertiary/aromatic N) is 2. The van der Waals surface area contributed by atoms with E-state index in [9.17, 15) is 13.2 Å². The van der Waals surface area contributed by atoms with Gasteiger partial charge in [0.2, 0.25) is 0 Å². The molecule has 0 aliphatic carbocycles. The molecule has 6 heteroatoms. The molecular formula is C9H8F3N3. The molecule has 0 aromatic carbocycles. The van der Waals surface area contributed by atoms with Crippen LogP contribution < -0.4 is 5.73 Å². The summed E-state index contributed by atoms with van der Waals surface area (Å²) in [6, 6.07) is 1.63. The standard InChI is InChI=1S/C9H8F3N3/c10-6-4-15-7(3-14)8(9(11)12)5(6)1-2-13/h4,9H,1,3,14H2. The van der Waals surface area contributed by atoms with Gasteiger partial charge in [0.15, 0.2) is 0 Å². The summed E-state index contributed by atoms with van der Waals surface area (Å²) < 4.78 is 38.3. The molecule has 0 spiro atoms. The van der Waals surface area contributed by atoms with Crippen molar-refractivity contribution in [3.05, 3.63) is 28.8 Å². The van der Waals surface area contributed by atoms with Gasteiger partial charge in [-0.2, -0.15) is 5.26 Å². The molecule has 0 atom stereocenters. The van der Waals surface area contributed by atoms with Gasteiger partial charge in [0.25, 0.3) is 6.43 Å². The highest BCUT2D eigenvalue weighted by Gasteiger charge is 2.21. The summed E-state index contributed by atoms with van der Waals surface area (Å²) in [7, 11) is 0. The van der Waals surface area contributed by atoms with Crippen molar-refractivity contribution in [2.24, 2.45) is 5.73 Å². The van der Waals surface area contributed by atoms with Gasteiger partial charge in [-0.3, -0.25) is 4.98 Å². The number of nitrogens with two attached hydrogens (primary N) is 1. The maximum Gasteiger partial charge on any atom is 0.266 e. The number of halogens is 3. The van der Waals surface area contributed by atoms with Crippen LogP contribution in [0.15, 0.2) is 6.20 Å². The third-order valence-electron chi connectivity index (χ3n) is 1.93. The second kappa shape index (κ2) is 4.75. The van der Waals surface area contributed by atoms with Crippen molar-refractivity contribution in [1.29, 1.82) is 5.26 Å². The molecule has 1 rings (SSSR count). The number of alkyl halides is 2. The molecule has 15 heavy (non-hydrogen) atoms. The minimum Gasteiger partial charge on any atom is -0.325 e. The van der Waals surface area contributed by atoms with Crippen LogP contribution in [-0.4, -0.2) is 4.98 Å². The topological polar surface area (TPSA) is 62.7 Å². The summed E-state index contributed by atoms with van der Waals surface area (Å²) in [5.41, 5.74) is 4.26. The van der Waals surface area contributed by atoms with Crippen molar-refractivity contribution in [3.8, 4) is 6.07 Å². The van der Waals surface area contributed by atoms with Crippen molar-refractivity contribution < 1.29 is 13.2 Å². The fraction of sp³-hybridized carbons (Fsp3) is 0.333. The van der Waals surface area contributed by atoms with Crippen molar-refractivity contribution in [3.63, 3.8) is 0 Å². The summed E-state index contributed by atoms with van der Waals surface area (Å²) in [5.74, 6) is -0.899. The van der Waals surface area contributed by atoms with Crippen molar-refractivity contribution in [1.82, 2.24) is 4.98 Å². The maximum atomic E-state index is 13.1. The second-order valence-electron chi connectivity index (χ2n) is 2.78. The van der Waals surface area contributed by atoms with Crippen molar-refractivity contribution >= 4 is 0 Å². The van der Waals surface area contributed by atoms with E-state index in [4.69, 9.17) is 11.0 Å². The van der Waals surface area contributed by atoms with Gasteiger partial charge >= 0.3 is 0 Å². The molecule has 80 valence electrons. The molecule has 0 fully saturated rings. The summed E-state index contributed by atoms with van der Waals surface area (Å²) in [4.78, 5) is 3.47. The van der Waals surface area contributed by atoms with Crippen molar-refractivity contribution in [2.75, 3.05) is 0 Å². The number of rotatable bonds is 3. The van der Waals surface area contributed by atoms with Crippen LogP contribution in [0, 0.1) is 17.1 Å². The van der Waals surface area contributed by atoms with Gasteiger partial charge in [0.05, 0.1) is 24.4 Å². The quantitative estimate of drug-likeness (QED) is 0.834. The zero-order valence-corrected chi connectivity index (χ0v) is 7.67. The van der Waals surface area contributed by atoms with Gasteiger partial charge in [-0.1, -0.05) is 0 Å². The zero-order valence-electron chi connectivity index (χ0n) is 7.67. The van der Waals surface area contributed by atoms with Gasteiger partial charge in [-0.25, -0.2) is 13.2 Å². The fourth-order valence-corrected chi connectivity index (χ4v) is 1.26. The lowest BCUT2D eigenvalue weighted by atomic mass is 10.0. The Balaban J connectivity index is 3.38. The third kappa shape index (κ3) is 2.25. The number of hydrogen-bond acceptors (Lipinski definition) is 3. The Hall–Kier alpha value is -1.61. The molecule has 0 saturated heterocycles. The first-order valence-electron chi connectivity index (χ1n) is 4.13. The monoisotopic (exact) mass is 215 g/mol. The second-order valence-corrected chi connectivity index (χ2v) is 2.78. The van der Waals surface area contributed by atoms with Crippen LogP contribution >= 0.6 is 0 Å². The molecular weight excluding hydrogens is 207 g/mol. The minimum atomic E-state index is -2.88. The summed E-state index contributed by atoms with van der Waals surface area (Å²) in [6.07, 6.45) is -2.49. The molecule has 0 amide bonds. The number of hydrogen-bond donors (Lipinski definition) is 1. The largest absolute Gasteiger partial charge is 0.325 e. The van der Waals surface area contributed by atoms with Gasteiger partial charge in [0, 0.05) is 17.7 Å². The predicted molar refractivity (Wildman–Crippen MR) is 46.4 cm³/mol. The van der Waals surface area contributed by atoms with Crippen LogP contribution in [0.25, 0.3) is 0 Å². The van der Waals surface area contributed by atoms with E-state index in [-0.39, 0.29) is 17.8 Å². The average molecular weight is 215 g/mol. The smallest absolute Gasteiger partial charge is 0.266 e. The molecule has 0 unspecified atom stereocenters. The fourth-order valence-electron chi connectivity index (χ4n) is 1.26. The Morgan fingerprint density at radius 2 is 2.20 bits per heavy atom. The lowest BCUT2D eigenvalue weighted by Crippen LogP contribution is -2.10. The molecule has 2 N–H and O–H groups in total. The summed E-state index contributed by atoms with van der Waals surface area (Å²) in [6.45, 7) is -0.210. The highest BCUT2D eigenvalue weighted by atomic mass is 19.3. The molecule has 1 aromatic rings. The Labute approximate surface area is 84.3 Å². The molecule has 0 saturated carbocycles. The lowest BCUT2D eigenvalue weighted by molar-refractivity contribution is 0.148. The lowest BCUT2D eigenvalue weighted by Gasteiger charge is -2.10.